The van der Waals surface area contributed by atoms with Crippen LogP contribution in [0.4, 0.5) is 0 Å². The first kappa shape index (κ1) is 12.1. The average Bonchev–Trinajstić information content (AvgIpc) is 2.17. The molecular formula is C7H10N2O4S2. The van der Waals surface area contributed by atoms with Crippen LogP contribution in [0.25, 0.3) is 0 Å². The molecule has 6 nitrogen and oxygen atoms in total. The highest BCUT2D eigenvalue weighted by molar-refractivity contribution is 7.89. The highest BCUT2D eigenvalue weighted by Crippen LogP contribution is 2.15. The Bertz CT molecular complexity index is 540. The summed E-state index contributed by atoms with van der Waals surface area (Å²) in [4.78, 5) is 1.42. The third kappa shape index (κ3) is 2.53. The average molecular weight is 250 g/mol. The van der Waals surface area contributed by atoms with E-state index in [1.807, 2.05) is 0 Å². The van der Waals surface area contributed by atoms with E-state index in [1.54, 1.807) is 11.8 Å². The molecule has 1 aromatic rings. The molecule has 0 amide bonds. The molecule has 0 saturated heterocycles. The molecule has 84 valence electrons. The fraction of sp³-hybridized carbons (Fsp3) is 0.143. The molecule has 0 unspecified atom stereocenters. The third-order valence-electron chi connectivity index (χ3n) is 1.84. The maximum absolute atomic E-state index is 11.3. The molecule has 0 spiro atoms. The lowest BCUT2D eigenvalue weighted by Crippen LogP contribution is -2.30. The number of nitrogens with one attached hydrogen (secondary N) is 1. The van der Waals surface area contributed by atoms with Crippen LogP contribution in [0.5, 0.6) is 0 Å². The van der Waals surface area contributed by atoms with Crippen LogP contribution in [-0.4, -0.2) is 16.8 Å². The number of hydrogen-bond donors (Lipinski definition) is 3. The van der Waals surface area contributed by atoms with Gasteiger partial charge in [0.25, 0.3) is 10.0 Å². The van der Waals surface area contributed by atoms with Gasteiger partial charge in [-0.25, -0.2) is 16.8 Å². The summed E-state index contributed by atoms with van der Waals surface area (Å²) in [5, 5.41) is 0. The van der Waals surface area contributed by atoms with Gasteiger partial charge in [-0.3, -0.25) is 5.84 Å². The summed E-state index contributed by atoms with van der Waals surface area (Å²) in [6, 6.07) is 3.76. The van der Waals surface area contributed by atoms with Crippen LogP contribution < -0.4 is 10.7 Å². The Morgan fingerprint density at radius 1 is 1.33 bits per heavy atom. The van der Waals surface area contributed by atoms with E-state index in [1.165, 1.54) is 12.1 Å². The van der Waals surface area contributed by atoms with Crippen LogP contribution in [0.2, 0.25) is 0 Å². The van der Waals surface area contributed by atoms with Crippen LogP contribution >= 0.6 is 0 Å². The number of sulfonamides is 1. The standard InChI is InChI=1S/C7H10N2O4S2/c1-5-2-3-6(15(12,13)9-8)4-7(5)14(10)11/h2-4,9,14H,8H2,1H3. The summed E-state index contributed by atoms with van der Waals surface area (Å²) in [6.45, 7) is 1.58. The minimum absolute atomic E-state index is 0.0266. The van der Waals surface area contributed by atoms with Crippen LogP contribution in [0.15, 0.2) is 28.0 Å². The molecule has 0 radical (unpaired) electrons. The SMILES string of the molecule is Cc1ccc(S(=O)(=O)NN)cc1[SH](=O)=O. The molecule has 0 saturated carbocycles. The second-order valence-corrected chi connectivity index (χ2v) is 5.54. The maximum Gasteiger partial charge on any atom is 0.253 e. The summed E-state index contributed by atoms with van der Waals surface area (Å²) in [6.07, 6.45) is 0. The van der Waals surface area contributed by atoms with Gasteiger partial charge in [0.1, 0.15) is 0 Å². The molecule has 0 fully saturated rings. The van der Waals surface area contributed by atoms with E-state index in [2.05, 4.69) is 0 Å². The van der Waals surface area contributed by atoms with E-state index < -0.39 is 20.7 Å². The number of nitrogens with two attached hydrogens (primary N) is 1. The van der Waals surface area contributed by atoms with E-state index in [0.717, 1.165) is 6.07 Å². The number of hydrazine groups is 1. The van der Waals surface area contributed by atoms with E-state index in [4.69, 9.17) is 5.84 Å². The Hall–Kier alpha value is -0.960. The largest absolute Gasteiger partial charge is 0.257 e. The predicted octanol–water partition coefficient (Wildman–Crippen LogP) is -0.883. The predicted molar refractivity (Wildman–Crippen MR) is 54.3 cm³/mol. The summed E-state index contributed by atoms with van der Waals surface area (Å²) < 4.78 is 44.1. The van der Waals surface area contributed by atoms with Gasteiger partial charge in [-0.2, -0.15) is 4.83 Å². The Kier molecular flexibility index (Phi) is 3.45. The van der Waals surface area contributed by atoms with Gasteiger partial charge in [0.05, 0.1) is 9.79 Å². The molecule has 0 aliphatic rings. The first-order chi connectivity index (χ1) is 6.88. The van der Waals surface area contributed by atoms with E-state index in [0.29, 0.717) is 5.56 Å². The zero-order chi connectivity index (χ0) is 11.6. The van der Waals surface area contributed by atoms with Gasteiger partial charge in [0.2, 0.25) is 0 Å². The molecule has 0 bridgehead atoms. The fourth-order valence-corrected chi connectivity index (χ4v) is 2.37. The number of hydrogen-bond acceptors (Lipinski definition) is 5. The second kappa shape index (κ2) is 4.27. The molecule has 3 N–H and O–H groups in total. The highest BCUT2D eigenvalue weighted by Gasteiger charge is 2.13. The van der Waals surface area contributed by atoms with Crippen molar-refractivity contribution < 1.29 is 16.8 Å². The Morgan fingerprint density at radius 3 is 2.40 bits per heavy atom. The molecule has 0 aliphatic heterocycles. The fourth-order valence-electron chi connectivity index (χ4n) is 1.02. The van der Waals surface area contributed by atoms with Crippen LogP contribution in [-0.2, 0) is 20.7 Å². The number of thiol groups is 1. The van der Waals surface area contributed by atoms with Crippen molar-refractivity contribution in [3.63, 3.8) is 0 Å². The van der Waals surface area contributed by atoms with Crippen LogP contribution in [0.1, 0.15) is 5.56 Å². The lowest BCUT2D eigenvalue weighted by Gasteiger charge is -2.04. The Balaban J connectivity index is 3.44. The molecule has 1 rings (SSSR count). The van der Waals surface area contributed by atoms with Crippen molar-refractivity contribution in [2.24, 2.45) is 5.84 Å². The molecule has 0 aliphatic carbocycles. The van der Waals surface area contributed by atoms with Crippen molar-refractivity contribution in [2.45, 2.75) is 16.7 Å². The molecule has 0 aromatic heterocycles. The van der Waals surface area contributed by atoms with E-state index in [-0.39, 0.29) is 9.79 Å². The lowest BCUT2D eigenvalue weighted by molar-refractivity contribution is 0.584. The van der Waals surface area contributed by atoms with Crippen molar-refractivity contribution in [2.75, 3.05) is 0 Å². The first-order valence-electron chi connectivity index (χ1n) is 3.86. The normalized spacial score (nSPS) is 11.9. The second-order valence-electron chi connectivity index (χ2n) is 2.83. The minimum atomic E-state index is -3.81. The van der Waals surface area contributed by atoms with Gasteiger partial charge in [0, 0.05) is 0 Å². The van der Waals surface area contributed by atoms with Crippen molar-refractivity contribution in [3.05, 3.63) is 23.8 Å². The molecule has 15 heavy (non-hydrogen) atoms. The zero-order valence-electron chi connectivity index (χ0n) is 7.80. The molecule has 0 atom stereocenters. The highest BCUT2D eigenvalue weighted by atomic mass is 32.2. The van der Waals surface area contributed by atoms with Gasteiger partial charge in [0.15, 0.2) is 10.7 Å². The number of benzene rings is 1. The van der Waals surface area contributed by atoms with Gasteiger partial charge in [-0.1, -0.05) is 6.07 Å². The van der Waals surface area contributed by atoms with E-state index >= 15 is 0 Å². The summed E-state index contributed by atoms with van der Waals surface area (Å²) >= 11 is 0. The topological polar surface area (TPSA) is 106 Å². The smallest absolute Gasteiger partial charge is 0.253 e. The van der Waals surface area contributed by atoms with Crippen LogP contribution in [0, 0.1) is 6.92 Å². The van der Waals surface area contributed by atoms with Crippen molar-refractivity contribution in [1.29, 1.82) is 0 Å². The van der Waals surface area contributed by atoms with Crippen molar-refractivity contribution >= 4 is 20.7 Å². The maximum atomic E-state index is 11.3. The Labute approximate surface area is 89.1 Å². The molecular weight excluding hydrogens is 240 g/mol. The summed E-state index contributed by atoms with van der Waals surface area (Å²) in [5.74, 6) is 4.81. The monoisotopic (exact) mass is 250 g/mol. The first-order valence-corrected chi connectivity index (χ1v) is 6.52. The zero-order valence-corrected chi connectivity index (χ0v) is 9.51. The van der Waals surface area contributed by atoms with Crippen LogP contribution in [0.3, 0.4) is 0 Å². The number of rotatable bonds is 3. The number of aryl methyl sites for hydroxylation is 1. The molecule has 8 heteroatoms. The van der Waals surface area contributed by atoms with Crippen molar-refractivity contribution in [1.82, 2.24) is 4.83 Å². The van der Waals surface area contributed by atoms with Gasteiger partial charge in [-0.15, -0.1) is 0 Å². The van der Waals surface area contributed by atoms with Crippen molar-refractivity contribution in [3.8, 4) is 0 Å². The minimum Gasteiger partial charge on any atom is -0.257 e. The third-order valence-corrected chi connectivity index (χ3v) is 3.90. The van der Waals surface area contributed by atoms with Gasteiger partial charge < -0.3 is 0 Å². The van der Waals surface area contributed by atoms with Gasteiger partial charge in [-0.05, 0) is 24.6 Å². The summed E-state index contributed by atoms with van der Waals surface area (Å²) in [7, 11) is -6.63. The quantitative estimate of drug-likeness (QED) is 0.367. The molecule has 0 heterocycles. The summed E-state index contributed by atoms with van der Waals surface area (Å²) in [5.41, 5.74) is 0.488. The Morgan fingerprint density at radius 2 is 1.93 bits per heavy atom. The lowest BCUT2D eigenvalue weighted by atomic mass is 10.2. The van der Waals surface area contributed by atoms with Gasteiger partial charge >= 0.3 is 0 Å². The molecule has 1 aromatic carbocycles. The van der Waals surface area contributed by atoms with E-state index in [9.17, 15) is 16.8 Å².